The molecular weight excluding hydrogens is 115 g/mol. The third-order valence-corrected chi connectivity index (χ3v) is 1.00. The van der Waals surface area contributed by atoms with Crippen LogP contribution in [-0.4, -0.2) is 29.3 Å². The molecule has 0 aromatic heterocycles. The van der Waals surface area contributed by atoms with Crippen molar-refractivity contribution in [3.63, 3.8) is 0 Å². The summed E-state index contributed by atoms with van der Waals surface area (Å²) in [6.45, 7) is 4.79. The summed E-state index contributed by atoms with van der Waals surface area (Å²) in [5, 5.41) is 17.8. The zero-order valence-electron chi connectivity index (χ0n) is 5.59. The van der Waals surface area contributed by atoms with Gasteiger partial charge in [-0.2, -0.15) is 0 Å². The summed E-state index contributed by atoms with van der Waals surface area (Å²) in [6.07, 6.45) is 0.149. The quantitative estimate of drug-likeness (QED) is 0.409. The summed E-state index contributed by atoms with van der Waals surface area (Å²) in [6, 6.07) is 0. The van der Waals surface area contributed by atoms with Gasteiger partial charge in [0.2, 0.25) is 0 Å². The van der Waals surface area contributed by atoms with Crippen molar-refractivity contribution < 1.29 is 10.2 Å². The van der Waals surface area contributed by atoms with Gasteiger partial charge < -0.3 is 0 Å². The van der Waals surface area contributed by atoms with Crippen LogP contribution in [0.15, 0.2) is 12.3 Å². The molecule has 0 saturated heterocycles. The predicted molar refractivity (Wildman–Crippen MR) is 40.2 cm³/mol. The van der Waals surface area contributed by atoms with Crippen LogP contribution in [0.2, 0.25) is 0 Å². The Kier molecular flexibility index (Phi) is 2.65. The first-order chi connectivity index (χ1) is 3.98. The van der Waals surface area contributed by atoms with Crippen molar-refractivity contribution in [3.8, 4) is 0 Å². The summed E-state index contributed by atoms with van der Waals surface area (Å²) >= 11 is 0. The zero-order valence-corrected chi connectivity index (χ0v) is 5.59. The third-order valence-electron chi connectivity index (χ3n) is 1.00. The summed E-state index contributed by atoms with van der Waals surface area (Å²) in [4.78, 5) is 0. The van der Waals surface area contributed by atoms with Crippen molar-refractivity contribution in [2.45, 2.75) is 18.9 Å². The molecule has 1 atom stereocenters. The van der Waals surface area contributed by atoms with Gasteiger partial charge in [0.15, 0.2) is 0 Å². The van der Waals surface area contributed by atoms with Crippen LogP contribution < -0.4 is 0 Å². The maximum atomic E-state index is 9.15. The standard InChI is InChI=1S/C6H11BO2/c1-5(8)3-6(2,9)4-7/h4,7-9H,1,3H2,2H3. The Balaban J connectivity index is 3.86. The molecule has 0 aromatic rings. The summed E-state index contributed by atoms with van der Waals surface area (Å²) in [7, 11) is 3.38. The van der Waals surface area contributed by atoms with Crippen molar-refractivity contribution in [3.05, 3.63) is 12.3 Å². The topological polar surface area (TPSA) is 40.5 Å². The van der Waals surface area contributed by atoms with E-state index in [1.807, 2.05) is 0 Å². The molecule has 0 fully saturated rings. The molecule has 0 radical (unpaired) electrons. The van der Waals surface area contributed by atoms with Gasteiger partial charge in [-0.25, -0.2) is 0 Å². The average Bonchev–Trinajstić information content (AvgIpc) is 1.63. The Morgan fingerprint density at radius 2 is 2.33 bits per heavy atom. The van der Waals surface area contributed by atoms with Crippen molar-refractivity contribution >= 4 is 13.5 Å². The van der Waals surface area contributed by atoms with Crippen LogP contribution in [-0.2, 0) is 0 Å². The summed E-state index contributed by atoms with van der Waals surface area (Å²) < 4.78 is 0. The van der Waals surface area contributed by atoms with Gasteiger partial charge in [0.25, 0.3) is 0 Å². The second kappa shape index (κ2) is 2.83. The number of aliphatic hydroxyl groups is 2. The summed E-state index contributed by atoms with van der Waals surface area (Å²) in [5.74, 6) is 1.34. The number of hydrogen-bond donors (Lipinski definition) is 2. The first kappa shape index (κ1) is 8.43. The van der Waals surface area contributed by atoms with E-state index in [0.29, 0.717) is 0 Å². The van der Waals surface area contributed by atoms with Crippen LogP contribution in [0.4, 0.5) is 0 Å². The minimum atomic E-state index is -1.02. The van der Waals surface area contributed by atoms with Gasteiger partial charge in [0.1, 0.15) is 0 Å². The van der Waals surface area contributed by atoms with Gasteiger partial charge in [-0.05, 0) is 0 Å². The molecule has 9 heavy (non-hydrogen) atoms. The van der Waals surface area contributed by atoms with E-state index in [1.54, 1.807) is 6.92 Å². The first-order valence-corrected chi connectivity index (χ1v) is 2.70. The van der Waals surface area contributed by atoms with Gasteiger partial charge in [-0.3, -0.25) is 0 Å². The first-order valence-electron chi connectivity index (χ1n) is 2.70. The molecule has 0 bridgehead atoms. The molecule has 0 amide bonds. The van der Waals surface area contributed by atoms with Crippen LogP contribution in [0, 0.1) is 0 Å². The number of aliphatic hydroxyl groups excluding tert-OH is 1. The molecule has 1 unspecified atom stereocenters. The van der Waals surface area contributed by atoms with Crippen molar-refractivity contribution in [1.82, 2.24) is 0 Å². The van der Waals surface area contributed by atoms with Crippen LogP contribution in [0.3, 0.4) is 0 Å². The second-order valence-corrected chi connectivity index (χ2v) is 2.30. The van der Waals surface area contributed by atoms with E-state index < -0.39 is 5.60 Å². The van der Waals surface area contributed by atoms with Gasteiger partial charge in [0, 0.05) is 0 Å². The molecule has 0 saturated carbocycles. The van der Waals surface area contributed by atoms with E-state index in [9.17, 15) is 0 Å². The molecule has 0 aliphatic heterocycles. The van der Waals surface area contributed by atoms with E-state index in [0.717, 1.165) is 0 Å². The predicted octanol–water partition coefficient (Wildman–Crippen LogP) is -0.0978. The molecule has 0 heterocycles. The molecule has 2 N–H and O–H groups in total. The van der Waals surface area contributed by atoms with Crippen LogP contribution in [0.1, 0.15) is 13.3 Å². The Morgan fingerprint density at radius 1 is 1.89 bits per heavy atom. The maximum absolute atomic E-state index is 9.15. The van der Waals surface area contributed by atoms with E-state index >= 15 is 0 Å². The minimum absolute atomic E-state index is 0.0279. The molecule has 0 spiro atoms. The molecule has 3 heteroatoms. The average molecular weight is 126 g/mol. The number of rotatable bonds is 3. The van der Waals surface area contributed by atoms with Crippen LogP contribution >= 0.6 is 0 Å². The van der Waals surface area contributed by atoms with E-state index in [2.05, 4.69) is 14.1 Å². The molecule has 0 aliphatic rings. The van der Waals surface area contributed by atoms with Gasteiger partial charge in [-0.15, -0.1) is 0 Å². The summed E-state index contributed by atoms with van der Waals surface area (Å²) in [5.41, 5.74) is -1.02. The number of hydrogen-bond acceptors (Lipinski definition) is 2. The Bertz CT molecular complexity index is 129. The van der Waals surface area contributed by atoms with Gasteiger partial charge in [0.05, 0.1) is 0 Å². The molecule has 0 aliphatic carbocycles. The second-order valence-electron chi connectivity index (χ2n) is 2.30. The van der Waals surface area contributed by atoms with Crippen LogP contribution in [0.5, 0.6) is 0 Å². The van der Waals surface area contributed by atoms with Crippen molar-refractivity contribution in [2.24, 2.45) is 0 Å². The monoisotopic (exact) mass is 126 g/mol. The molecular formula is C6H11BO2. The Morgan fingerprint density at radius 3 is 2.44 bits per heavy atom. The van der Waals surface area contributed by atoms with E-state index in [-0.39, 0.29) is 12.2 Å². The zero-order chi connectivity index (χ0) is 7.49. The fraction of sp³-hybridized carbons (Fsp3) is 0.500. The SMILES string of the molecule is B=CC(C)(O)CC(=C)O. The molecule has 50 valence electrons. The molecule has 0 rings (SSSR count). The third kappa shape index (κ3) is 3.97. The van der Waals surface area contributed by atoms with Gasteiger partial charge >= 0.3 is 55.0 Å². The fourth-order valence-electron chi connectivity index (χ4n) is 0.485. The Hall–Kier alpha value is -0.565. The fourth-order valence-corrected chi connectivity index (χ4v) is 0.485. The van der Waals surface area contributed by atoms with E-state index in [1.165, 1.54) is 5.97 Å². The van der Waals surface area contributed by atoms with E-state index in [4.69, 9.17) is 10.2 Å². The molecule has 2 nitrogen and oxygen atoms in total. The normalized spacial score (nSPS) is 16.1. The van der Waals surface area contributed by atoms with Crippen LogP contribution in [0.25, 0.3) is 0 Å². The Labute approximate surface area is 55.9 Å². The van der Waals surface area contributed by atoms with Crippen molar-refractivity contribution in [1.29, 1.82) is 0 Å². The molecule has 0 aromatic carbocycles. The van der Waals surface area contributed by atoms with Crippen molar-refractivity contribution in [2.75, 3.05) is 0 Å². The van der Waals surface area contributed by atoms with Gasteiger partial charge in [-0.1, -0.05) is 0 Å².